The fourth-order valence-corrected chi connectivity index (χ4v) is 1.47. The lowest BCUT2D eigenvalue weighted by Gasteiger charge is -1.94. The van der Waals surface area contributed by atoms with Crippen LogP contribution in [0.5, 0.6) is 0 Å². The van der Waals surface area contributed by atoms with Crippen molar-refractivity contribution < 1.29 is 0 Å². The van der Waals surface area contributed by atoms with E-state index in [9.17, 15) is 4.79 Å². The van der Waals surface area contributed by atoms with Gasteiger partial charge in [0.2, 0.25) is 0 Å². The van der Waals surface area contributed by atoms with Crippen LogP contribution in [0, 0.1) is 6.92 Å². The molecule has 0 radical (unpaired) electrons. The van der Waals surface area contributed by atoms with Crippen LogP contribution < -0.4 is 4.87 Å². The lowest BCUT2D eigenvalue weighted by Crippen LogP contribution is -2.14. The summed E-state index contributed by atoms with van der Waals surface area (Å²) in [5, 5.41) is 5.05. The van der Waals surface area contributed by atoms with E-state index in [0.29, 0.717) is 5.03 Å². The standard InChI is InChI=1S/C6H6Cl2N2OS/c1-4-9-10(6(11)12-4)3-5(8)2-7/h2H,3H2,1H3/b5-2-. The predicted molar refractivity (Wildman–Crippen MR) is 50.9 cm³/mol. The molecule has 0 aromatic carbocycles. The lowest BCUT2D eigenvalue weighted by atomic mass is 10.6. The van der Waals surface area contributed by atoms with Crippen molar-refractivity contribution in [2.75, 3.05) is 0 Å². The highest BCUT2D eigenvalue weighted by molar-refractivity contribution is 7.08. The normalized spacial score (nSPS) is 12.1. The fourth-order valence-electron chi connectivity index (χ4n) is 0.688. The number of allylic oxidation sites excluding steroid dienone is 1. The van der Waals surface area contributed by atoms with E-state index in [1.54, 1.807) is 6.92 Å². The van der Waals surface area contributed by atoms with Crippen molar-refractivity contribution in [2.45, 2.75) is 13.5 Å². The van der Waals surface area contributed by atoms with Crippen LogP contribution >= 0.6 is 34.5 Å². The van der Waals surface area contributed by atoms with Gasteiger partial charge in [0.1, 0.15) is 5.01 Å². The average molecular weight is 225 g/mol. The summed E-state index contributed by atoms with van der Waals surface area (Å²) >= 11 is 12.0. The molecule has 0 aliphatic carbocycles. The quantitative estimate of drug-likeness (QED) is 0.770. The molecule has 0 amide bonds. The third kappa shape index (κ3) is 2.33. The third-order valence-corrected chi connectivity index (χ3v) is 2.49. The molecule has 6 heteroatoms. The zero-order valence-electron chi connectivity index (χ0n) is 6.25. The van der Waals surface area contributed by atoms with Gasteiger partial charge in [-0.15, -0.1) is 0 Å². The van der Waals surface area contributed by atoms with Gasteiger partial charge in [0.25, 0.3) is 0 Å². The molecule has 1 heterocycles. The molecule has 0 unspecified atom stereocenters. The molecule has 66 valence electrons. The first-order valence-electron chi connectivity index (χ1n) is 3.13. The molecule has 0 aliphatic rings. The van der Waals surface area contributed by atoms with Gasteiger partial charge in [0.15, 0.2) is 0 Å². The molecule has 3 nitrogen and oxygen atoms in total. The van der Waals surface area contributed by atoms with Crippen LogP contribution in [0.4, 0.5) is 0 Å². The first kappa shape index (κ1) is 9.77. The minimum atomic E-state index is -0.121. The minimum Gasteiger partial charge on any atom is -0.255 e. The largest absolute Gasteiger partial charge is 0.325 e. The molecule has 1 aromatic heterocycles. The molecule has 0 N–H and O–H groups in total. The van der Waals surface area contributed by atoms with Crippen molar-refractivity contribution in [3.8, 4) is 0 Å². The molecule has 1 rings (SSSR count). The van der Waals surface area contributed by atoms with Gasteiger partial charge in [-0.2, -0.15) is 5.10 Å². The molecule has 0 saturated heterocycles. The molecule has 0 spiro atoms. The second-order valence-corrected chi connectivity index (χ2v) is 3.95. The monoisotopic (exact) mass is 224 g/mol. The zero-order chi connectivity index (χ0) is 9.14. The maximum Gasteiger partial charge on any atom is 0.325 e. The van der Waals surface area contributed by atoms with E-state index in [-0.39, 0.29) is 11.4 Å². The van der Waals surface area contributed by atoms with Crippen LogP contribution in [-0.4, -0.2) is 9.78 Å². The van der Waals surface area contributed by atoms with E-state index in [2.05, 4.69) is 5.10 Å². The minimum absolute atomic E-state index is 0.121. The van der Waals surface area contributed by atoms with E-state index in [1.165, 1.54) is 10.2 Å². The van der Waals surface area contributed by atoms with E-state index in [1.807, 2.05) is 0 Å². The Balaban J connectivity index is 2.90. The number of aryl methyl sites for hydroxylation is 1. The summed E-state index contributed by atoms with van der Waals surface area (Å²) in [6, 6.07) is 0. The number of hydrogen-bond donors (Lipinski definition) is 0. The number of aromatic nitrogens is 2. The predicted octanol–water partition coefficient (Wildman–Crippen LogP) is 1.93. The highest BCUT2D eigenvalue weighted by Gasteiger charge is 2.02. The van der Waals surface area contributed by atoms with Gasteiger partial charge in [0.05, 0.1) is 11.6 Å². The Kier molecular flexibility index (Phi) is 3.31. The van der Waals surface area contributed by atoms with Gasteiger partial charge in [0, 0.05) is 5.54 Å². The van der Waals surface area contributed by atoms with Crippen molar-refractivity contribution in [1.29, 1.82) is 0 Å². The Morgan fingerprint density at radius 2 is 2.50 bits per heavy atom. The van der Waals surface area contributed by atoms with E-state index < -0.39 is 0 Å². The van der Waals surface area contributed by atoms with Gasteiger partial charge in [-0.25, -0.2) is 4.68 Å². The number of rotatable bonds is 2. The maximum absolute atomic E-state index is 11.1. The Labute approximate surface area is 83.2 Å². The Bertz CT molecular complexity index is 355. The Morgan fingerprint density at radius 3 is 2.92 bits per heavy atom. The van der Waals surface area contributed by atoms with Crippen LogP contribution in [0.25, 0.3) is 0 Å². The molecular weight excluding hydrogens is 219 g/mol. The molecule has 1 aromatic rings. The fraction of sp³-hybridized carbons (Fsp3) is 0.333. The first-order valence-corrected chi connectivity index (χ1v) is 4.76. The summed E-state index contributed by atoms with van der Waals surface area (Å²) < 4.78 is 1.28. The van der Waals surface area contributed by atoms with Crippen LogP contribution in [-0.2, 0) is 6.54 Å². The Hall–Kier alpha value is -0.320. The molecule has 12 heavy (non-hydrogen) atoms. The van der Waals surface area contributed by atoms with Gasteiger partial charge in [-0.1, -0.05) is 34.5 Å². The van der Waals surface area contributed by atoms with Crippen molar-refractivity contribution in [1.82, 2.24) is 9.78 Å². The van der Waals surface area contributed by atoms with Crippen molar-refractivity contribution in [3.63, 3.8) is 0 Å². The van der Waals surface area contributed by atoms with Crippen molar-refractivity contribution >= 4 is 34.5 Å². The van der Waals surface area contributed by atoms with Crippen LogP contribution in [0.1, 0.15) is 5.01 Å². The second-order valence-electron chi connectivity index (χ2n) is 2.10. The van der Waals surface area contributed by atoms with Crippen molar-refractivity contribution in [2.24, 2.45) is 0 Å². The van der Waals surface area contributed by atoms with Gasteiger partial charge >= 0.3 is 4.87 Å². The average Bonchev–Trinajstić information content (AvgIpc) is 2.30. The summed E-state index contributed by atoms with van der Waals surface area (Å²) in [6.45, 7) is 2.01. The molecule has 0 fully saturated rings. The molecule has 0 atom stereocenters. The maximum atomic E-state index is 11.1. The third-order valence-electron chi connectivity index (χ3n) is 1.13. The van der Waals surface area contributed by atoms with E-state index in [0.717, 1.165) is 16.3 Å². The zero-order valence-corrected chi connectivity index (χ0v) is 8.58. The van der Waals surface area contributed by atoms with Gasteiger partial charge in [-0.3, -0.25) is 4.79 Å². The highest BCUT2D eigenvalue weighted by Crippen LogP contribution is 2.05. The highest BCUT2D eigenvalue weighted by atomic mass is 35.5. The first-order chi connectivity index (χ1) is 5.63. The van der Waals surface area contributed by atoms with E-state index in [4.69, 9.17) is 23.2 Å². The van der Waals surface area contributed by atoms with Crippen LogP contribution in [0.3, 0.4) is 0 Å². The Morgan fingerprint density at radius 1 is 1.83 bits per heavy atom. The summed E-state index contributed by atoms with van der Waals surface area (Å²) in [6.07, 6.45) is 0. The summed E-state index contributed by atoms with van der Waals surface area (Å²) in [7, 11) is 0. The van der Waals surface area contributed by atoms with Crippen LogP contribution in [0.15, 0.2) is 15.4 Å². The van der Waals surface area contributed by atoms with E-state index >= 15 is 0 Å². The summed E-state index contributed by atoms with van der Waals surface area (Å²) in [4.78, 5) is 11.0. The lowest BCUT2D eigenvalue weighted by molar-refractivity contribution is 0.666. The number of halogens is 2. The van der Waals surface area contributed by atoms with Crippen LogP contribution in [0.2, 0.25) is 0 Å². The number of hydrogen-bond acceptors (Lipinski definition) is 3. The molecule has 0 bridgehead atoms. The SMILES string of the molecule is Cc1nn(C/C(Cl)=C/Cl)c(=O)s1. The molecular formula is C6H6Cl2N2OS. The molecule has 0 saturated carbocycles. The summed E-state index contributed by atoms with van der Waals surface area (Å²) in [5.41, 5.74) is 1.22. The molecule has 0 aliphatic heterocycles. The number of nitrogens with zero attached hydrogens (tertiary/aromatic N) is 2. The van der Waals surface area contributed by atoms with Gasteiger partial charge < -0.3 is 0 Å². The smallest absolute Gasteiger partial charge is 0.255 e. The second kappa shape index (κ2) is 4.07. The summed E-state index contributed by atoms with van der Waals surface area (Å²) in [5.74, 6) is 0. The van der Waals surface area contributed by atoms with Gasteiger partial charge in [-0.05, 0) is 6.92 Å². The van der Waals surface area contributed by atoms with Crippen molar-refractivity contribution in [3.05, 3.63) is 25.2 Å². The topological polar surface area (TPSA) is 34.9 Å².